The molecule has 5 rings (SSSR count). The van der Waals surface area contributed by atoms with Crippen molar-refractivity contribution < 1.29 is 37.0 Å². The Bertz CT molecular complexity index is 1640. The maximum Gasteiger partial charge on any atom is 0.416 e. The monoisotopic (exact) mass is 603 g/mol. The average molecular weight is 604 g/mol. The standard InChI is InChI=1S/C35H32F3NO5/c1-23-32(39-34(44-23)27-9-7-25(8-10-27)24-5-3-2-4-6-24)19-20-42-31-15-11-26(12-18-33(40)41)28(21-31)22-43-30-16-13-29(14-17-30)35(36,37)38/h2-11,13-16,21,30H,12,17-20,22H2,1H3,(H,40,41). The van der Waals surface area contributed by atoms with Crippen molar-refractivity contribution in [1.82, 2.24) is 4.98 Å². The van der Waals surface area contributed by atoms with Crippen LogP contribution in [-0.4, -0.2) is 34.9 Å². The minimum absolute atomic E-state index is 0.0586. The Morgan fingerprint density at radius 2 is 1.70 bits per heavy atom. The summed E-state index contributed by atoms with van der Waals surface area (Å²) < 4.78 is 56.6. The number of aromatic nitrogens is 1. The third kappa shape index (κ3) is 8.05. The fourth-order valence-corrected chi connectivity index (χ4v) is 4.93. The van der Waals surface area contributed by atoms with E-state index in [-0.39, 0.29) is 19.4 Å². The second-order valence-corrected chi connectivity index (χ2v) is 10.5. The Morgan fingerprint density at radius 1 is 0.977 bits per heavy atom. The summed E-state index contributed by atoms with van der Waals surface area (Å²) in [4.78, 5) is 15.8. The summed E-state index contributed by atoms with van der Waals surface area (Å²) in [6.07, 6.45) is -0.534. The maximum absolute atomic E-state index is 12.9. The Balaban J connectivity index is 1.20. The summed E-state index contributed by atoms with van der Waals surface area (Å²) in [5.41, 5.74) is 4.71. The van der Waals surface area contributed by atoms with Gasteiger partial charge in [-0.15, -0.1) is 0 Å². The van der Waals surface area contributed by atoms with E-state index < -0.39 is 23.8 Å². The van der Waals surface area contributed by atoms with E-state index in [1.807, 2.05) is 49.4 Å². The highest BCUT2D eigenvalue weighted by Crippen LogP contribution is 2.31. The number of carboxylic acids is 1. The predicted molar refractivity (Wildman–Crippen MR) is 160 cm³/mol. The molecule has 0 radical (unpaired) electrons. The molecule has 9 heteroatoms. The molecule has 0 aliphatic heterocycles. The van der Waals surface area contributed by atoms with Gasteiger partial charge < -0.3 is 19.0 Å². The van der Waals surface area contributed by atoms with Crippen molar-refractivity contribution in [3.8, 4) is 28.3 Å². The fraction of sp³-hybridized carbons (Fsp3) is 0.257. The first-order chi connectivity index (χ1) is 21.2. The molecule has 1 aromatic heterocycles. The second kappa shape index (κ2) is 13.8. The molecule has 0 saturated carbocycles. The molecule has 0 saturated heterocycles. The first-order valence-electron chi connectivity index (χ1n) is 14.3. The second-order valence-electron chi connectivity index (χ2n) is 10.5. The molecule has 0 spiro atoms. The minimum Gasteiger partial charge on any atom is -0.493 e. The Kier molecular flexibility index (Phi) is 9.65. The van der Waals surface area contributed by atoms with Gasteiger partial charge in [-0.1, -0.05) is 66.8 Å². The van der Waals surface area contributed by atoms with Crippen molar-refractivity contribution in [3.05, 3.63) is 119 Å². The Morgan fingerprint density at radius 3 is 2.39 bits per heavy atom. The lowest BCUT2D eigenvalue weighted by Crippen LogP contribution is -2.17. The zero-order valence-corrected chi connectivity index (χ0v) is 24.1. The van der Waals surface area contributed by atoms with E-state index >= 15 is 0 Å². The quantitative estimate of drug-likeness (QED) is 0.176. The Labute approximate surface area is 253 Å². The topological polar surface area (TPSA) is 81.8 Å². The van der Waals surface area contributed by atoms with Crippen LogP contribution in [0.3, 0.4) is 0 Å². The molecule has 1 aliphatic carbocycles. The van der Waals surface area contributed by atoms with Gasteiger partial charge in [0.2, 0.25) is 5.89 Å². The smallest absolute Gasteiger partial charge is 0.416 e. The lowest BCUT2D eigenvalue weighted by atomic mass is 10.0. The van der Waals surface area contributed by atoms with Crippen molar-refractivity contribution in [2.45, 2.75) is 51.5 Å². The fourth-order valence-electron chi connectivity index (χ4n) is 4.93. The summed E-state index contributed by atoms with van der Waals surface area (Å²) >= 11 is 0. The van der Waals surface area contributed by atoms with Crippen LogP contribution >= 0.6 is 0 Å². The predicted octanol–water partition coefficient (Wildman–Crippen LogP) is 8.29. The van der Waals surface area contributed by atoms with Gasteiger partial charge in [0.25, 0.3) is 0 Å². The van der Waals surface area contributed by atoms with E-state index in [9.17, 15) is 18.0 Å². The third-order valence-corrected chi connectivity index (χ3v) is 7.37. The first kappa shape index (κ1) is 30.8. The molecule has 228 valence electrons. The third-order valence-electron chi connectivity index (χ3n) is 7.37. The van der Waals surface area contributed by atoms with Gasteiger partial charge in [-0.25, -0.2) is 4.98 Å². The number of oxazole rings is 1. The van der Waals surface area contributed by atoms with Crippen molar-refractivity contribution >= 4 is 5.97 Å². The average Bonchev–Trinajstić information content (AvgIpc) is 3.39. The molecular weight excluding hydrogens is 571 g/mol. The molecule has 0 amide bonds. The van der Waals surface area contributed by atoms with Gasteiger partial charge in [-0.05, 0) is 66.3 Å². The molecule has 4 aromatic rings. The van der Waals surface area contributed by atoms with Gasteiger partial charge in [-0.3, -0.25) is 4.79 Å². The van der Waals surface area contributed by atoms with Crippen LogP contribution in [0.4, 0.5) is 13.2 Å². The zero-order chi connectivity index (χ0) is 31.1. The molecule has 3 aromatic carbocycles. The summed E-state index contributed by atoms with van der Waals surface area (Å²) in [6.45, 7) is 2.29. The molecule has 1 aliphatic rings. The summed E-state index contributed by atoms with van der Waals surface area (Å²) in [5, 5.41) is 9.15. The highest BCUT2D eigenvalue weighted by molar-refractivity contribution is 5.68. The van der Waals surface area contributed by atoms with Crippen LogP contribution in [0.2, 0.25) is 0 Å². The summed E-state index contributed by atoms with van der Waals surface area (Å²) in [5.74, 6) is 0.885. The number of ether oxygens (including phenoxy) is 2. The number of nitrogens with zero attached hydrogens (tertiary/aromatic N) is 1. The molecular formula is C35H32F3NO5. The number of aryl methyl sites for hydroxylation is 2. The van der Waals surface area contributed by atoms with Crippen molar-refractivity contribution in [2.75, 3.05) is 6.61 Å². The number of hydrogen-bond acceptors (Lipinski definition) is 5. The maximum atomic E-state index is 12.9. The van der Waals surface area contributed by atoms with E-state index in [1.54, 1.807) is 18.2 Å². The molecule has 0 fully saturated rings. The van der Waals surface area contributed by atoms with Crippen LogP contribution in [0, 0.1) is 6.92 Å². The van der Waals surface area contributed by atoms with Crippen molar-refractivity contribution in [3.63, 3.8) is 0 Å². The number of alkyl halides is 3. The van der Waals surface area contributed by atoms with Crippen LogP contribution in [-0.2, 0) is 29.0 Å². The number of aliphatic carboxylic acids is 1. The summed E-state index contributed by atoms with van der Waals surface area (Å²) in [6, 6.07) is 23.5. The minimum atomic E-state index is -4.39. The van der Waals surface area contributed by atoms with Gasteiger partial charge in [0.1, 0.15) is 11.5 Å². The highest BCUT2D eigenvalue weighted by Gasteiger charge is 2.33. The molecule has 6 nitrogen and oxygen atoms in total. The number of carboxylic acid groups (broad SMARTS) is 1. The van der Waals surface area contributed by atoms with E-state index in [2.05, 4.69) is 17.1 Å². The highest BCUT2D eigenvalue weighted by atomic mass is 19.4. The number of allylic oxidation sites excluding steroid dienone is 2. The van der Waals surface area contributed by atoms with Gasteiger partial charge >= 0.3 is 12.1 Å². The van der Waals surface area contributed by atoms with Crippen LogP contribution < -0.4 is 4.74 Å². The first-order valence-corrected chi connectivity index (χ1v) is 14.3. The molecule has 1 heterocycles. The lowest BCUT2D eigenvalue weighted by molar-refractivity contribution is -0.137. The number of benzene rings is 3. The zero-order valence-electron chi connectivity index (χ0n) is 24.1. The molecule has 44 heavy (non-hydrogen) atoms. The number of hydrogen-bond donors (Lipinski definition) is 1. The van der Waals surface area contributed by atoms with E-state index in [4.69, 9.17) is 19.0 Å². The Hall–Kier alpha value is -4.63. The molecule has 1 N–H and O–H groups in total. The van der Waals surface area contributed by atoms with Crippen LogP contribution in [0.15, 0.2) is 101 Å². The van der Waals surface area contributed by atoms with Crippen LogP contribution in [0.5, 0.6) is 5.75 Å². The molecule has 1 unspecified atom stereocenters. The van der Waals surface area contributed by atoms with Crippen molar-refractivity contribution in [2.24, 2.45) is 0 Å². The lowest BCUT2D eigenvalue weighted by Gasteiger charge is -2.20. The van der Waals surface area contributed by atoms with Crippen LogP contribution in [0.1, 0.15) is 35.4 Å². The van der Waals surface area contributed by atoms with E-state index in [0.717, 1.165) is 45.7 Å². The van der Waals surface area contributed by atoms with Crippen molar-refractivity contribution in [1.29, 1.82) is 0 Å². The number of halogens is 3. The normalized spacial score (nSPS) is 14.8. The largest absolute Gasteiger partial charge is 0.493 e. The molecule has 1 atom stereocenters. The van der Waals surface area contributed by atoms with Gasteiger partial charge in [0.05, 0.1) is 30.6 Å². The van der Waals surface area contributed by atoms with Gasteiger partial charge in [0.15, 0.2) is 0 Å². The molecule has 0 bridgehead atoms. The number of rotatable bonds is 12. The number of carbonyl (C=O) groups is 1. The SMILES string of the molecule is Cc1oc(-c2ccc(-c3ccccc3)cc2)nc1CCOc1ccc(CCC(=O)O)c(COC2C=CC(C(F)(F)F)=CC2)c1. The van der Waals surface area contributed by atoms with Gasteiger partial charge in [-0.2, -0.15) is 13.2 Å². The van der Waals surface area contributed by atoms with E-state index in [0.29, 0.717) is 36.8 Å². The van der Waals surface area contributed by atoms with Crippen LogP contribution in [0.25, 0.3) is 22.6 Å². The summed E-state index contributed by atoms with van der Waals surface area (Å²) in [7, 11) is 0. The van der Waals surface area contributed by atoms with E-state index in [1.165, 1.54) is 6.08 Å². The van der Waals surface area contributed by atoms with Gasteiger partial charge in [0, 0.05) is 18.4 Å².